The molecule has 0 aliphatic heterocycles. The van der Waals surface area contributed by atoms with E-state index in [9.17, 15) is 0 Å². The van der Waals surface area contributed by atoms with Gasteiger partial charge in [-0.2, -0.15) is 0 Å². The van der Waals surface area contributed by atoms with Crippen LogP contribution in [0.15, 0.2) is 78.9 Å². The largest absolute Gasteiger partial charge is 0.380 e. The summed E-state index contributed by atoms with van der Waals surface area (Å²) in [5.41, 5.74) is 3.82. The second kappa shape index (κ2) is 5.86. The fraction of sp³-hybridized carbons (Fsp3) is 0.0909. The number of ether oxygens (including phenoxy) is 1. The molecule has 0 heterocycles. The smallest absolute Gasteiger partial charge is 0.0725 e. The Morgan fingerprint density at radius 1 is 0.609 bits per heavy atom. The average Bonchev–Trinajstić information content (AvgIpc) is 2.62. The van der Waals surface area contributed by atoms with Gasteiger partial charge < -0.3 is 4.74 Å². The molecule has 112 valence electrons. The molecule has 0 amide bonds. The molecule has 0 fully saturated rings. The molecule has 0 spiro atoms. The molecule has 4 aromatic rings. The third kappa shape index (κ3) is 2.30. The summed E-state index contributed by atoms with van der Waals surface area (Å²) in [4.78, 5) is 0. The molecule has 4 rings (SSSR count). The highest BCUT2D eigenvalue weighted by molar-refractivity contribution is 6.14. The number of methoxy groups -OCH3 is 1. The molecule has 0 unspecified atom stereocenters. The van der Waals surface area contributed by atoms with Gasteiger partial charge in [-0.1, -0.05) is 78.9 Å². The molecular weight excluding hydrogens is 280 g/mol. The topological polar surface area (TPSA) is 9.23 Å². The average molecular weight is 298 g/mol. The van der Waals surface area contributed by atoms with E-state index in [1.807, 2.05) is 0 Å². The molecule has 4 aromatic carbocycles. The Morgan fingerprint density at radius 3 is 1.61 bits per heavy atom. The standard InChI is InChI=1S/C22H18O/c1-23-15-21-17-11-5-7-13-19(17)22(16-9-3-2-4-10-16)20-14-8-6-12-18(20)21/h2-14H,15H2,1H3. The van der Waals surface area contributed by atoms with Crippen LogP contribution < -0.4 is 0 Å². The fourth-order valence-corrected chi connectivity index (χ4v) is 3.43. The highest BCUT2D eigenvalue weighted by Crippen LogP contribution is 2.39. The Morgan fingerprint density at radius 2 is 1.09 bits per heavy atom. The summed E-state index contributed by atoms with van der Waals surface area (Å²) in [6.07, 6.45) is 0. The van der Waals surface area contributed by atoms with Gasteiger partial charge in [0.05, 0.1) is 6.61 Å². The predicted molar refractivity (Wildman–Crippen MR) is 97.6 cm³/mol. The third-order valence-electron chi connectivity index (χ3n) is 4.39. The minimum Gasteiger partial charge on any atom is -0.380 e. The van der Waals surface area contributed by atoms with Crippen molar-refractivity contribution in [2.75, 3.05) is 7.11 Å². The summed E-state index contributed by atoms with van der Waals surface area (Å²) < 4.78 is 5.49. The quantitative estimate of drug-likeness (QED) is 0.434. The van der Waals surface area contributed by atoms with E-state index in [1.54, 1.807) is 7.11 Å². The van der Waals surface area contributed by atoms with Crippen molar-refractivity contribution < 1.29 is 4.74 Å². The van der Waals surface area contributed by atoms with E-state index in [2.05, 4.69) is 78.9 Å². The van der Waals surface area contributed by atoms with Crippen LogP contribution >= 0.6 is 0 Å². The Bertz CT molecular complexity index is 914. The molecule has 0 saturated carbocycles. The van der Waals surface area contributed by atoms with Crippen molar-refractivity contribution in [2.24, 2.45) is 0 Å². The highest BCUT2D eigenvalue weighted by Gasteiger charge is 2.14. The number of rotatable bonds is 3. The van der Waals surface area contributed by atoms with Crippen LogP contribution in [-0.4, -0.2) is 7.11 Å². The van der Waals surface area contributed by atoms with Gasteiger partial charge in [-0.25, -0.2) is 0 Å². The zero-order valence-electron chi connectivity index (χ0n) is 13.1. The second-order valence-electron chi connectivity index (χ2n) is 5.74. The van der Waals surface area contributed by atoms with Crippen LogP contribution in [0.4, 0.5) is 0 Å². The van der Waals surface area contributed by atoms with E-state index in [0.717, 1.165) is 0 Å². The first-order valence-electron chi connectivity index (χ1n) is 7.87. The van der Waals surface area contributed by atoms with Gasteiger partial charge in [0.1, 0.15) is 0 Å². The Hall–Kier alpha value is -2.64. The van der Waals surface area contributed by atoms with Crippen molar-refractivity contribution in [2.45, 2.75) is 6.61 Å². The lowest BCUT2D eigenvalue weighted by molar-refractivity contribution is 0.187. The normalized spacial score (nSPS) is 11.2. The first-order chi connectivity index (χ1) is 11.4. The SMILES string of the molecule is COCc1c2ccccc2c(-c2ccccc2)c2ccccc12. The van der Waals surface area contributed by atoms with E-state index in [-0.39, 0.29) is 0 Å². The zero-order valence-corrected chi connectivity index (χ0v) is 13.1. The summed E-state index contributed by atoms with van der Waals surface area (Å²) >= 11 is 0. The maximum Gasteiger partial charge on any atom is 0.0725 e. The van der Waals surface area contributed by atoms with Crippen molar-refractivity contribution in [3.05, 3.63) is 84.4 Å². The van der Waals surface area contributed by atoms with Crippen LogP contribution in [0.1, 0.15) is 5.56 Å². The van der Waals surface area contributed by atoms with Crippen LogP contribution in [-0.2, 0) is 11.3 Å². The molecule has 0 radical (unpaired) electrons. The lowest BCUT2D eigenvalue weighted by Crippen LogP contribution is -1.95. The monoisotopic (exact) mass is 298 g/mol. The van der Waals surface area contributed by atoms with Crippen LogP contribution in [0.2, 0.25) is 0 Å². The lowest BCUT2D eigenvalue weighted by atomic mass is 9.88. The number of benzene rings is 4. The molecule has 0 aliphatic carbocycles. The van der Waals surface area contributed by atoms with Crippen LogP contribution in [0, 0.1) is 0 Å². The first kappa shape index (κ1) is 14.0. The van der Waals surface area contributed by atoms with Crippen LogP contribution in [0.5, 0.6) is 0 Å². The fourth-order valence-electron chi connectivity index (χ4n) is 3.43. The van der Waals surface area contributed by atoms with Crippen molar-refractivity contribution in [1.82, 2.24) is 0 Å². The minimum atomic E-state index is 0.621. The summed E-state index contributed by atoms with van der Waals surface area (Å²) in [7, 11) is 1.76. The number of hydrogen-bond acceptors (Lipinski definition) is 1. The van der Waals surface area contributed by atoms with Crippen molar-refractivity contribution >= 4 is 21.5 Å². The summed E-state index contributed by atoms with van der Waals surface area (Å²) in [5.74, 6) is 0. The van der Waals surface area contributed by atoms with Crippen molar-refractivity contribution in [3.8, 4) is 11.1 Å². The number of hydrogen-bond donors (Lipinski definition) is 0. The van der Waals surface area contributed by atoms with E-state index >= 15 is 0 Å². The highest BCUT2D eigenvalue weighted by atomic mass is 16.5. The van der Waals surface area contributed by atoms with E-state index < -0.39 is 0 Å². The van der Waals surface area contributed by atoms with Gasteiger partial charge in [0.25, 0.3) is 0 Å². The first-order valence-corrected chi connectivity index (χ1v) is 7.87. The van der Waals surface area contributed by atoms with E-state index in [1.165, 1.54) is 38.2 Å². The molecule has 23 heavy (non-hydrogen) atoms. The molecule has 1 nitrogen and oxygen atoms in total. The van der Waals surface area contributed by atoms with Gasteiger partial charge in [0.15, 0.2) is 0 Å². The summed E-state index contributed by atoms with van der Waals surface area (Å²) in [6, 6.07) is 27.9. The van der Waals surface area contributed by atoms with Gasteiger partial charge in [-0.3, -0.25) is 0 Å². The third-order valence-corrected chi connectivity index (χ3v) is 4.39. The molecule has 0 atom stereocenters. The maximum atomic E-state index is 5.49. The summed E-state index contributed by atoms with van der Waals surface area (Å²) in [6.45, 7) is 0.621. The van der Waals surface area contributed by atoms with E-state index in [4.69, 9.17) is 4.74 Å². The van der Waals surface area contributed by atoms with Gasteiger partial charge in [-0.05, 0) is 38.2 Å². The molecule has 0 aliphatic rings. The molecule has 0 aromatic heterocycles. The Kier molecular flexibility index (Phi) is 3.57. The molecule has 0 bridgehead atoms. The Labute approximate surface area is 136 Å². The lowest BCUT2D eigenvalue weighted by Gasteiger charge is -2.16. The molecular formula is C22H18O. The summed E-state index contributed by atoms with van der Waals surface area (Å²) in [5, 5.41) is 5.10. The van der Waals surface area contributed by atoms with Gasteiger partial charge in [0, 0.05) is 7.11 Å². The minimum absolute atomic E-state index is 0.621. The van der Waals surface area contributed by atoms with Crippen LogP contribution in [0.25, 0.3) is 32.7 Å². The molecule has 0 N–H and O–H groups in total. The zero-order chi connectivity index (χ0) is 15.6. The van der Waals surface area contributed by atoms with Gasteiger partial charge in [-0.15, -0.1) is 0 Å². The Balaban J connectivity index is 2.22. The van der Waals surface area contributed by atoms with Crippen LogP contribution in [0.3, 0.4) is 0 Å². The molecule has 1 heteroatoms. The molecule has 0 saturated heterocycles. The van der Waals surface area contributed by atoms with Crippen molar-refractivity contribution in [1.29, 1.82) is 0 Å². The maximum absolute atomic E-state index is 5.49. The van der Waals surface area contributed by atoms with Gasteiger partial charge >= 0.3 is 0 Å². The van der Waals surface area contributed by atoms with Gasteiger partial charge in [0.2, 0.25) is 0 Å². The second-order valence-corrected chi connectivity index (χ2v) is 5.74. The predicted octanol–water partition coefficient (Wildman–Crippen LogP) is 5.81. The van der Waals surface area contributed by atoms with E-state index in [0.29, 0.717) is 6.61 Å². The number of fused-ring (bicyclic) bond motifs is 2. The van der Waals surface area contributed by atoms with Crippen molar-refractivity contribution in [3.63, 3.8) is 0 Å².